The van der Waals surface area contributed by atoms with Gasteiger partial charge < -0.3 is 47.4 Å². The molecule has 0 aromatic heterocycles. The molecule has 0 spiro atoms. The van der Waals surface area contributed by atoms with Crippen LogP contribution in [0.25, 0.3) is 0 Å². The van der Waals surface area contributed by atoms with Gasteiger partial charge in [-0.15, -0.1) is 48.2 Å². The number of unbranched alkanes of at least 4 members (excludes halogenated alkanes) is 4. The highest BCUT2D eigenvalue weighted by molar-refractivity contribution is 6.74. The number of benzene rings is 2. The lowest BCUT2D eigenvalue weighted by molar-refractivity contribution is -0.190. The Kier molecular flexibility index (Phi) is 37.1. The second kappa shape index (κ2) is 41.2. The Balaban J connectivity index is 0.000000515. The third-order valence-corrected chi connectivity index (χ3v) is 18.3. The molecule has 0 bridgehead atoms. The maximum Gasteiger partial charge on any atom is 0.343 e. The van der Waals surface area contributed by atoms with Gasteiger partial charge in [0, 0.05) is 37.2 Å². The third-order valence-electron chi connectivity index (χ3n) is 13.9. The monoisotopic (exact) mass is 1140 g/mol. The first-order chi connectivity index (χ1) is 37.5. The van der Waals surface area contributed by atoms with Crippen LogP contribution >= 0.6 is 23.2 Å². The normalized spacial score (nSPS) is 16.8. The van der Waals surface area contributed by atoms with E-state index in [2.05, 4.69) is 89.3 Å². The van der Waals surface area contributed by atoms with E-state index < -0.39 is 32.5 Å². The van der Waals surface area contributed by atoms with Gasteiger partial charge >= 0.3 is 11.9 Å². The summed E-state index contributed by atoms with van der Waals surface area (Å²) in [6.07, 6.45) is 21.9. The van der Waals surface area contributed by atoms with Crippen LogP contribution in [0.5, 0.6) is 11.5 Å². The maximum absolute atomic E-state index is 11.8. The molecule has 2 heterocycles. The molecule has 12 nitrogen and oxygen atoms in total. The second-order valence-corrected chi connectivity index (χ2v) is 26.5. The Morgan fingerprint density at radius 1 is 0.718 bits per heavy atom. The lowest BCUT2D eigenvalue weighted by Crippen LogP contribution is -2.41. The Labute approximate surface area is 481 Å². The van der Waals surface area contributed by atoms with Crippen LogP contribution in [0.4, 0.5) is 0 Å². The van der Waals surface area contributed by atoms with Crippen molar-refractivity contribution in [3.63, 3.8) is 0 Å². The molecule has 2 aliphatic heterocycles. The van der Waals surface area contributed by atoms with Gasteiger partial charge in [-0.1, -0.05) is 121 Å². The minimum atomic E-state index is -2.17. The summed E-state index contributed by atoms with van der Waals surface area (Å²) >= 11 is 9.53. The minimum absolute atomic E-state index is 0.0166. The fourth-order valence-corrected chi connectivity index (χ4v) is 9.57. The van der Waals surface area contributed by atoms with E-state index in [1.807, 2.05) is 30.3 Å². The number of methoxy groups -OCH3 is 2. The van der Waals surface area contributed by atoms with Crippen molar-refractivity contribution in [1.29, 1.82) is 0 Å². The molecule has 0 radical (unpaired) electrons. The molecule has 0 aliphatic carbocycles. The number of carbonyl (C=O) groups is 2. The molecule has 15 heteroatoms. The number of hydrogen-bond acceptors (Lipinski definition) is 12. The number of hydrogen-bond donors (Lipinski definition) is 1. The smallest absolute Gasteiger partial charge is 0.343 e. The van der Waals surface area contributed by atoms with E-state index in [-0.39, 0.29) is 48.4 Å². The first kappa shape index (κ1) is 70.2. The summed E-state index contributed by atoms with van der Waals surface area (Å²) in [5, 5.41) is 11.0. The molecule has 0 amide bonds. The summed E-state index contributed by atoms with van der Waals surface area (Å²) in [7, 11) is 0.493. The fraction of sp³-hybridized carbons (Fsp3) is 0.651. The molecular formula is C63H96Cl2O12Si. The number of halogens is 2. The van der Waals surface area contributed by atoms with Crippen molar-refractivity contribution >= 4 is 43.5 Å². The summed E-state index contributed by atoms with van der Waals surface area (Å²) in [6, 6.07) is 11.2. The number of esters is 2. The number of carbonyl (C=O) groups excluding carboxylic acids is 2. The molecule has 2 fully saturated rings. The average molecular weight is 1140 g/mol. The molecule has 78 heavy (non-hydrogen) atoms. The van der Waals surface area contributed by atoms with Gasteiger partial charge in [-0.25, -0.2) is 9.59 Å². The van der Waals surface area contributed by atoms with Crippen LogP contribution in [-0.4, -0.2) is 96.1 Å². The highest BCUT2D eigenvalue weighted by atomic mass is 35.5. The number of alkyl halides is 2. The first-order valence-electron chi connectivity index (χ1n) is 28.4. The maximum atomic E-state index is 11.8. The second-order valence-electron chi connectivity index (χ2n) is 20.9. The largest absolute Gasteiger partial charge is 0.482 e. The molecule has 2 saturated heterocycles. The van der Waals surface area contributed by atoms with Gasteiger partial charge in [-0.05, 0) is 118 Å². The van der Waals surface area contributed by atoms with E-state index in [1.165, 1.54) is 39.9 Å². The van der Waals surface area contributed by atoms with Gasteiger partial charge in [0.15, 0.2) is 34.1 Å². The topological polar surface area (TPSA) is 137 Å². The molecule has 0 saturated carbocycles. The molecule has 2 unspecified atom stereocenters. The van der Waals surface area contributed by atoms with Crippen LogP contribution in [0.2, 0.25) is 18.1 Å². The molecule has 4 rings (SSSR count). The van der Waals surface area contributed by atoms with E-state index in [0.29, 0.717) is 36.3 Å². The molecule has 2 aliphatic rings. The van der Waals surface area contributed by atoms with Crippen molar-refractivity contribution < 1.29 is 57.0 Å². The van der Waals surface area contributed by atoms with E-state index in [9.17, 15) is 14.7 Å². The van der Waals surface area contributed by atoms with Crippen LogP contribution < -0.4 is 9.47 Å². The van der Waals surface area contributed by atoms with E-state index >= 15 is 0 Å². The van der Waals surface area contributed by atoms with Gasteiger partial charge in [0.2, 0.25) is 0 Å². The number of aliphatic hydroxyl groups excluding tert-OH is 1. The molecular weight excluding hydrogens is 1050 g/mol. The summed E-state index contributed by atoms with van der Waals surface area (Å²) < 4.78 is 52.1. The van der Waals surface area contributed by atoms with Crippen molar-refractivity contribution in [3.05, 3.63) is 84.0 Å². The predicted molar refractivity (Wildman–Crippen MR) is 317 cm³/mol. The number of rotatable bonds is 30. The Hall–Kier alpha value is -3.86. The zero-order chi connectivity index (χ0) is 57.6. The highest BCUT2D eigenvalue weighted by Gasteiger charge is 2.40. The van der Waals surface area contributed by atoms with Crippen LogP contribution in [-0.2, 0) is 55.3 Å². The number of ether oxygens (including phenoxy) is 8. The standard InChI is InChI=1S/C34H54O6Si.C28H40O6.CH2Cl2/c1-9-11-12-19-27(39-33-24-15-16-25-37-33)20-13-14-22-31(40-41(7,8)34(3,4)5)29-21-17-23-30(28(29)18-10-2)38-26-32(35)36-6;1-4-6-7-14-22(34-28-19-10-11-20-32-28)15-8-9-17-25(29)23-16-12-18-26(24(23)13-5-2)33-21-27(30)31-3;2-1-3/h10,17,21,23,27,31,33H,2,9,11-13,15-16,18-20,24-26H2,1,3-8H3;5,12,16,18,22,25,28-29H,2,4,6-8,10-11,13-15,19-21H2,1,3H3;1H2/t27-,31-,33?;22-,25-,28?;/m00./s1. The van der Waals surface area contributed by atoms with E-state index in [1.54, 1.807) is 18.2 Å². The Morgan fingerprint density at radius 3 is 1.58 bits per heavy atom. The highest BCUT2D eigenvalue weighted by Crippen LogP contribution is 2.41. The van der Waals surface area contributed by atoms with Crippen molar-refractivity contribution in [2.24, 2.45) is 0 Å². The van der Waals surface area contributed by atoms with Gasteiger partial charge in [-0.2, -0.15) is 0 Å². The molecule has 6 atom stereocenters. The molecule has 438 valence electrons. The number of allylic oxidation sites excluding steroid dienone is 2. The van der Waals surface area contributed by atoms with Gasteiger partial charge in [0.05, 0.1) is 31.8 Å². The minimum Gasteiger partial charge on any atom is -0.482 e. The quantitative estimate of drug-likeness (QED) is 0.0199. The van der Waals surface area contributed by atoms with Crippen LogP contribution in [0.15, 0.2) is 61.7 Å². The van der Waals surface area contributed by atoms with Gasteiger partial charge in [0.1, 0.15) is 23.7 Å². The zero-order valence-electron chi connectivity index (χ0n) is 48.9. The van der Waals surface area contributed by atoms with Gasteiger partial charge in [-0.3, -0.25) is 0 Å². The van der Waals surface area contributed by atoms with E-state index in [0.717, 1.165) is 113 Å². The lowest BCUT2D eigenvalue weighted by atomic mass is 9.98. The van der Waals surface area contributed by atoms with Crippen LogP contribution in [0.3, 0.4) is 0 Å². The molecule has 2 aromatic carbocycles. The van der Waals surface area contributed by atoms with Crippen molar-refractivity contribution in [2.75, 3.05) is 46.0 Å². The zero-order valence-corrected chi connectivity index (χ0v) is 51.4. The Morgan fingerprint density at radius 2 is 1.17 bits per heavy atom. The SMILES string of the molecule is C=CCc1c(OCC(=O)OC)cccc1[C@@H](O)C#CCC[C@H](CCCCC)OC1CCCCO1.C=CCc1c(OCC(=O)OC)cccc1[C@H](C#CCC[C@H](CCCCC)OC1CCCCO1)O[Si](C)(C)C(C)(C)C.ClCCl. The Bertz CT molecular complexity index is 2130. The van der Waals surface area contributed by atoms with Crippen molar-refractivity contribution in [3.8, 4) is 35.2 Å². The van der Waals surface area contributed by atoms with Crippen molar-refractivity contribution in [1.82, 2.24) is 0 Å². The predicted octanol–water partition coefficient (Wildman–Crippen LogP) is 15.0. The lowest BCUT2D eigenvalue weighted by Gasteiger charge is -2.38. The number of aliphatic hydroxyl groups is 1. The molecule has 1 N–H and O–H groups in total. The van der Waals surface area contributed by atoms with Crippen LogP contribution in [0, 0.1) is 23.7 Å². The molecule has 2 aromatic rings. The summed E-state index contributed by atoms with van der Waals surface area (Å²) in [5.41, 5.74) is 3.30. The third kappa shape index (κ3) is 28.0. The van der Waals surface area contributed by atoms with Crippen LogP contribution in [0.1, 0.15) is 185 Å². The average Bonchev–Trinajstić information content (AvgIpc) is 3.44. The fourth-order valence-electron chi connectivity index (χ4n) is 8.45. The van der Waals surface area contributed by atoms with E-state index in [4.69, 9.17) is 60.8 Å². The first-order valence-corrected chi connectivity index (χ1v) is 32.3. The summed E-state index contributed by atoms with van der Waals surface area (Å²) in [5.74, 6) is 13.3. The van der Waals surface area contributed by atoms with Gasteiger partial charge in [0.25, 0.3) is 0 Å². The summed E-state index contributed by atoms with van der Waals surface area (Å²) in [4.78, 5) is 23.2. The van der Waals surface area contributed by atoms with Crippen molar-refractivity contribution in [2.45, 2.75) is 218 Å². The summed E-state index contributed by atoms with van der Waals surface area (Å²) in [6.45, 7) is 24.6.